The van der Waals surface area contributed by atoms with Gasteiger partial charge in [0.1, 0.15) is 12.4 Å². The lowest BCUT2D eigenvalue weighted by Crippen LogP contribution is -2.38. The van der Waals surface area contributed by atoms with Crippen LogP contribution in [0.3, 0.4) is 0 Å². The van der Waals surface area contributed by atoms with Crippen LogP contribution < -0.4 is 10.1 Å². The number of H-pyrrole nitrogens is 1. The number of aromatic amines is 1. The van der Waals surface area contributed by atoms with Crippen molar-refractivity contribution in [3.8, 4) is 16.9 Å². The van der Waals surface area contributed by atoms with E-state index >= 15 is 0 Å². The Balaban J connectivity index is 1.19. The number of fused-ring (bicyclic) bond motifs is 2. The molecule has 2 aliphatic heterocycles. The number of ether oxygens (including phenoxy) is 2. The molecule has 0 amide bonds. The first-order valence-electron chi connectivity index (χ1n) is 12.0. The van der Waals surface area contributed by atoms with Crippen molar-refractivity contribution in [2.24, 2.45) is 0 Å². The average Bonchev–Trinajstić information content (AvgIpc) is 3.48. The molecule has 4 aromatic rings. The zero-order chi connectivity index (χ0) is 22.7. The number of morpholine rings is 1. The molecule has 0 aliphatic carbocycles. The van der Waals surface area contributed by atoms with Crippen molar-refractivity contribution in [1.29, 1.82) is 0 Å². The summed E-state index contributed by atoms with van der Waals surface area (Å²) < 4.78 is 11.5. The second-order valence-corrected chi connectivity index (χ2v) is 8.93. The number of hydrogen-bond donors (Lipinski definition) is 2. The molecule has 6 rings (SSSR count). The summed E-state index contributed by atoms with van der Waals surface area (Å²) in [7, 11) is 0. The first-order chi connectivity index (χ1) is 16.8. The minimum Gasteiger partial charge on any atom is -0.492 e. The Morgan fingerprint density at radius 3 is 2.68 bits per heavy atom. The molecule has 0 saturated carbocycles. The zero-order valence-electron chi connectivity index (χ0n) is 19.2. The Kier molecular flexibility index (Phi) is 5.79. The van der Waals surface area contributed by atoms with Gasteiger partial charge in [0.15, 0.2) is 0 Å². The summed E-state index contributed by atoms with van der Waals surface area (Å²) in [4.78, 5) is 5.94. The Bertz CT molecular complexity index is 1320. The number of rotatable bonds is 6. The topological polar surface area (TPSA) is 49.5 Å². The molecule has 1 fully saturated rings. The third-order valence-electron chi connectivity index (χ3n) is 6.66. The van der Waals surface area contributed by atoms with E-state index in [1.807, 2.05) is 6.07 Å². The van der Waals surface area contributed by atoms with E-state index in [2.05, 4.69) is 88.0 Å². The van der Waals surface area contributed by atoms with Crippen LogP contribution in [0, 0.1) is 0 Å². The minimum absolute atomic E-state index is 0.693. The molecule has 2 aliphatic rings. The Labute approximate surface area is 200 Å². The highest BCUT2D eigenvalue weighted by Gasteiger charge is 2.17. The van der Waals surface area contributed by atoms with Crippen LogP contribution >= 0.6 is 0 Å². The quantitative estimate of drug-likeness (QED) is 0.406. The predicted octanol–water partition coefficient (Wildman–Crippen LogP) is 5.51. The number of hydrogen-bond acceptors (Lipinski definition) is 4. The smallest absolute Gasteiger partial charge is 0.120 e. The molecule has 1 saturated heterocycles. The fourth-order valence-electron chi connectivity index (χ4n) is 4.79. The van der Waals surface area contributed by atoms with Crippen molar-refractivity contribution in [3.05, 3.63) is 84.1 Å². The van der Waals surface area contributed by atoms with Crippen molar-refractivity contribution in [2.75, 3.05) is 51.3 Å². The first kappa shape index (κ1) is 21.0. The Hall–Kier alpha value is -3.54. The molecule has 0 spiro atoms. The van der Waals surface area contributed by atoms with E-state index < -0.39 is 0 Å². The van der Waals surface area contributed by atoms with E-state index in [9.17, 15) is 0 Å². The fourth-order valence-corrected chi connectivity index (χ4v) is 4.79. The molecule has 3 aromatic carbocycles. The maximum absolute atomic E-state index is 6.04. The normalized spacial score (nSPS) is 17.1. The summed E-state index contributed by atoms with van der Waals surface area (Å²) in [6.45, 7) is 6.08. The lowest BCUT2D eigenvalue weighted by Gasteiger charge is -2.26. The highest BCUT2D eigenvalue weighted by atomic mass is 16.5. The van der Waals surface area contributed by atoms with E-state index in [0.29, 0.717) is 6.61 Å². The summed E-state index contributed by atoms with van der Waals surface area (Å²) in [5.41, 5.74) is 8.46. The lowest BCUT2D eigenvalue weighted by atomic mass is 9.99. The molecule has 5 heteroatoms. The SMILES string of the molecule is C(=C1CNc2ccc(-c3ccccc3)cc21)c1cc2cc(OCCN3CCOCC3)ccc2[nH]1. The van der Waals surface area contributed by atoms with Crippen LogP contribution in [0.4, 0.5) is 5.69 Å². The van der Waals surface area contributed by atoms with Gasteiger partial charge in [-0.2, -0.15) is 0 Å². The van der Waals surface area contributed by atoms with Gasteiger partial charge in [-0.25, -0.2) is 0 Å². The maximum Gasteiger partial charge on any atom is 0.120 e. The van der Waals surface area contributed by atoms with Crippen molar-refractivity contribution >= 4 is 28.2 Å². The highest BCUT2D eigenvalue weighted by Crippen LogP contribution is 2.36. The third-order valence-corrected chi connectivity index (χ3v) is 6.66. The minimum atomic E-state index is 0.693. The van der Waals surface area contributed by atoms with Gasteiger partial charge in [0.25, 0.3) is 0 Å². The van der Waals surface area contributed by atoms with Crippen LogP contribution in [0.2, 0.25) is 0 Å². The summed E-state index contributed by atoms with van der Waals surface area (Å²) in [6.07, 6.45) is 2.26. The number of benzene rings is 3. The van der Waals surface area contributed by atoms with Gasteiger partial charge in [0, 0.05) is 54.0 Å². The van der Waals surface area contributed by atoms with Gasteiger partial charge in [-0.05, 0) is 59.2 Å². The number of anilines is 1. The third kappa shape index (κ3) is 4.45. The van der Waals surface area contributed by atoms with Crippen molar-refractivity contribution in [3.63, 3.8) is 0 Å². The number of nitrogens with zero attached hydrogens (tertiary/aromatic N) is 1. The molecule has 2 N–H and O–H groups in total. The summed E-state index contributed by atoms with van der Waals surface area (Å²) in [5.74, 6) is 0.916. The van der Waals surface area contributed by atoms with Crippen molar-refractivity contribution < 1.29 is 9.47 Å². The van der Waals surface area contributed by atoms with Gasteiger partial charge in [0.2, 0.25) is 0 Å². The van der Waals surface area contributed by atoms with Gasteiger partial charge in [-0.15, -0.1) is 0 Å². The van der Waals surface area contributed by atoms with Gasteiger partial charge in [0.05, 0.1) is 13.2 Å². The van der Waals surface area contributed by atoms with Crippen molar-refractivity contribution in [2.45, 2.75) is 0 Å². The van der Waals surface area contributed by atoms with Gasteiger partial charge < -0.3 is 19.8 Å². The van der Waals surface area contributed by atoms with Crippen LogP contribution in [0.15, 0.2) is 72.8 Å². The van der Waals surface area contributed by atoms with Crippen LogP contribution in [0.25, 0.3) is 33.7 Å². The molecular weight excluding hydrogens is 422 g/mol. The van der Waals surface area contributed by atoms with E-state index in [1.165, 1.54) is 33.3 Å². The summed E-state index contributed by atoms with van der Waals surface area (Å²) in [6, 6.07) is 25.7. The molecule has 0 unspecified atom stereocenters. The highest BCUT2D eigenvalue weighted by molar-refractivity contribution is 5.96. The second kappa shape index (κ2) is 9.37. The monoisotopic (exact) mass is 451 g/mol. The summed E-state index contributed by atoms with van der Waals surface area (Å²) in [5, 5.41) is 4.69. The Morgan fingerprint density at radius 2 is 1.79 bits per heavy atom. The molecule has 3 heterocycles. The molecule has 1 aromatic heterocycles. The molecular formula is C29H29N3O2. The van der Waals surface area contributed by atoms with Crippen LogP contribution in [0.1, 0.15) is 11.3 Å². The van der Waals surface area contributed by atoms with E-state index in [1.54, 1.807) is 0 Å². The van der Waals surface area contributed by atoms with E-state index in [4.69, 9.17) is 9.47 Å². The standard InChI is InChI=1S/C29H29N3O2/c1-2-4-21(5-3-1)22-6-8-29-27(19-22)24(20-30-29)17-25-16-23-18-26(7-9-28(23)31-25)34-15-12-32-10-13-33-14-11-32/h1-9,16-19,30-31H,10-15,20H2. The predicted molar refractivity (Wildman–Crippen MR) is 139 cm³/mol. The molecule has 172 valence electrons. The molecule has 5 nitrogen and oxygen atoms in total. The number of aromatic nitrogens is 1. The van der Waals surface area contributed by atoms with Gasteiger partial charge in [-0.1, -0.05) is 36.4 Å². The van der Waals surface area contributed by atoms with E-state index in [0.717, 1.165) is 56.4 Å². The van der Waals surface area contributed by atoms with Crippen molar-refractivity contribution in [1.82, 2.24) is 9.88 Å². The van der Waals surface area contributed by atoms with E-state index in [-0.39, 0.29) is 0 Å². The van der Waals surface area contributed by atoms with Crippen LogP contribution in [0.5, 0.6) is 5.75 Å². The largest absolute Gasteiger partial charge is 0.492 e. The zero-order valence-corrected chi connectivity index (χ0v) is 19.2. The average molecular weight is 452 g/mol. The number of nitrogens with one attached hydrogen (secondary N) is 2. The first-order valence-corrected chi connectivity index (χ1v) is 12.0. The summed E-state index contributed by atoms with van der Waals surface area (Å²) >= 11 is 0. The van der Waals surface area contributed by atoms with Gasteiger partial charge in [-0.3, -0.25) is 4.90 Å². The fraction of sp³-hybridized carbons (Fsp3) is 0.241. The second-order valence-electron chi connectivity index (χ2n) is 8.93. The Morgan fingerprint density at radius 1 is 0.912 bits per heavy atom. The maximum atomic E-state index is 6.04. The molecule has 0 radical (unpaired) electrons. The molecule has 0 atom stereocenters. The molecule has 0 bridgehead atoms. The van der Waals surface area contributed by atoms with Crippen LogP contribution in [-0.2, 0) is 4.74 Å². The lowest BCUT2D eigenvalue weighted by molar-refractivity contribution is 0.0322. The van der Waals surface area contributed by atoms with Crippen LogP contribution in [-0.4, -0.2) is 55.9 Å². The molecule has 34 heavy (non-hydrogen) atoms. The van der Waals surface area contributed by atoms with Gasteiger partial charge >= 0.3 is 0 Å².